The number of hydrogen-bond acceptors (Lipinski definition) is 5. The second-order valence-electron chi connectivity index (χ2n) is 8.07. The van der Waals surface area contributed by atoms with Crippen LogP contribution in [0.25, 0.3) is 33.4 Å². The van der Waals surface area contributed by atoms with Crippen molar-refractivity contribution in [1.29, 1.82) is 0 Å². The lowest BCUT2D eigenvalue weighted by Crippen LogP contribution is -2.15. The van der Waals surface area contributed by atoms with E-state index in [9.17, 15) is 8.42 Å². The van der Waals surface area contributed by atoms with Gasteiger partial charge in [0.25, 0.3) is 10.0 Å². The van der Waals surface area contributed by atoms with Gasteiger partial charge in [-0.1, -0.05) is 48.0 Å². The largest absolute Gasteiger partial charge is 0.494 e. The van der Waals surface area contributed by atoms with Gasteiger partial charge in [0, 0.05) is 23.5 Å². The molecular formula is C27H23N3O3S. The molecule has 0 saturated carbocycles. The van der Waals surface area contributed by atoms with Gasteiger partial charge in [-0.15, -0.1) is 0 Å². The Morgan fingerprint density at radius 2 is 1.62 bits per heavy atom. The summed E-state index contributed by atoms with van der Waals surface area (Å²) in [6, 6.07) is 20.2. The highest BCUT2D eigenvalue weighted by Crippen LogP contribution is 2.45. The molecule has 6 nitrogen and oxygen atoms in total. The second kappa shape index (κ2) is 8.43. The molecule has 3 aromatic heterocycles. The summed E-state index contributed by atoms with van der Waals surface area (Å²) in [5.74, 6) is 0.473. The van der Waals surface area contributed by atoms with E-state index in [1.165, 1.54) is 3.97 Å². The third-order valence-electron chi connectivity index (χ3n) is 5.89. The van der Waals surface area contributed by atoms with Gasteiger partial charge in [0.1, 0.15) is 5.75 Å². The van der Waals surface area contributed by atoms with E-state index < -0.39 is 10.0 Å². The van der Waals surface area contributed by atoms with Gasteiger partial charge in [0.15, 0.2) is 0 Å². The minimum Gasteiger partial charge on any atom is -0.494 e. The van der Waals surface area contributed by atoms with E-state index >= 15 is 0 Å². The van der Waals surface area contributed by atoms with Crippen molar-refractivity contribution in [2.45, 2.75) is 18.7 Å². The smallest absolute Gasteiger partial charge is 0.268 e. The topological polar surface area (TPSA) is 74.1 Å². The van der Waals surface area contributed by atoms with Crippen LogP contribution in [0, 0.1) is 13.8 Å². The van der Waals surface area contributed by atoms with Crippen molar-refractivity contribution in [3.8, 4) is 28.1 Å². The van der Waals surface area contributed by atoms with Crippen molar-refractivity contribution in [2.75, 3.05) is 7.11 Å². The molecule has 0 saturated heterocycles. The predicted octanol–water partition coefficient (Wildman–Crippen LogP) is 5.63. The average Bonchev–Trinajstić information content (AvgIpc) is 3.22. The minimum absolute atomic E-state index is 0.201. The number of aromatic nitrogens is 3. The first-order valence-corrected chi connectivity index (χ1v) is 12.2. The van der Waals surface area contributed by atoms with E-state index in [1.54, 1.807) is 56.0 Å². The third-order valence-corrected chi connectivity index (χ3v) is 7.60. The summed E-state index contributed by atoms with van der Waals surface area (Å²) >= 11 is 0. The number of ether oxygens (including phenoxy) is 1. The van der Waals surface area contributed by atoms with Crippen LogP contribution in [0.4, 0.5) is 0 Å². The lowest BCUT2D eigenvalue weighted by Gasteiger charge is -2.16. The molecule has 0 bridgehead atoms. The van der Waals surface area contributed by atoms with Crippen LogP contribution in [0.1, 0.15) is 11.1 Å². The SMILES string of the molecule is COc1cnccc1-c1c(-c2ccccc2)c2nccc(C)c2n1S(=O)(=O)c1ccc(C)cc1. The molecule has 34 heavy (non-hydrogen) atoms. The predicted molar refractivity (Wildman–Crippen MR) is 133 cm³/mol. The van der Waals surface area contributed by atoms with Crippen molar-refractivity contribution < 1.29 is 13.2 Å². The first-order valence-electron chi connectivity index (χ1n) is 10.8. The Morgan fingerprint density at radius 1 is 0.882 bits per heavy atom. The van der Waals surface area contributed by atoms with Gasteiger partial charge in [-0.2, -0.15) is 0 Å². The molecule has 0 aliphatic heterocycles. The molecule has 0 radical (unpaired) electrons. The Morgan fingerprint density at radius 3 is 2.32 bits per heavy atom. The highest BCUT2D eigenvalue weighted by atomic mass is 32.2. The molecule has 0 spiro atoms. The highest BCUT2D eigenvalue weighted by Gasteiger charge is 2.31. The van der Waals surface area contributed by atoms with Gasteiger partial charge >= 0.3 is 0 Å². The Balaban J connectivity index is 2.01. The Labute approximate surface area is 198 Å². The summed E-state index contributed by atoms with van der Waals surface area (Å²) in [5, 5.41) is 0. The molecule has 0 fully saturated rings. The normalized spacial score (nSPS) is 11.6. The number of benzene rings is 2. The maximum atomic E-state index is 14.2. The molecule has 3 heterocycles. The molecule has 0 unspecified atom stereocenters. The van der Waals surface area contributed by atoms with E-state index in [0.29, 0.717) is 28.0 Å². The minimum atomic E-state index is -4.00. The fourth-order valence-electron chi connectivity index (χ4n) is 4.23. The fourth-order valence-corrected chi connectivity index (χ4v) is 5.82. The zero-order chi connectivity index (χ0) is 23.9. The van der Waals surface area contributed by atoms with E-state index in [2.05, 4.69) is 9.97 Å². The molecule has 0 atom stereocenters. The summed E-state index contributed by atoms with van der Waals surface area (Å²) in [5.41, 5.74) is 5.61. The first kappa shape index (κ1) is 21.9. The number of methoxy groups -OCH3 is 1. The van der Waals surface area contributed by atoms with Gasteiger partial charge < -0.3 is 4.74 Å². The van der Waals surface area contributed by atoms with Crippen molar-refractivity contribution in [2.24, 2.45) is 0 Å². The van der Waals surface area contributed by atoms with Gasteiger partial charge in [-0.25, -0.2) is 12.4 Å². The Hall–Kier alpha value is -3.97. The van der Waals surface area contributed by atoms with Crippen LogP contribution in [0.3, 0.4) is 0 Å². The van der Waals surface area contributed by atoms with Crippen molar-refractivity contribution in [3.05, 3.63) is 96.4 Å². The number of rotatable bonds is 5. The monoisotopic (exact) mass is 469 g/mol. The van der Waals surface area contributed by atoms with Gasteiger partial charge in [0.05, 0.1) is 34.9 Å². The lowest BCUT2D eigenvalue weighted by molar-refractivity contribution is 0.414. The first-order chi connectivity index (χ1) is 16.4. The van der Waals surface area contributed by atoms with Crippen molar-refractivity contribution in [1.82, 2.24) is 13.9 Å². The van der Waals surface area contributed by atoms with Crippen LogP contribution in [0.15, 0.2) is 90.2 Å². The maximum absolute atomic E-state index is 14.2. The lowest BCUT2D eigenvalue weighted by atomic mass is 10.0. The molecule has 7 heteroatoms. The molecule has 0 amide bonds. The summed E-state index contributed by atoms with van der Waals surface area (Å²) in [7, 11) is -2.45. The van der Waals surface area contributed by atoms with Gasteiger partial charge in [0.2, 0.25) is 0 Å². The van der Waals surface area contributed by atoms with Gasteiger partial charge in [-0.3, -0.25) is 9.97 Å². The average molecular weight is 470 g/mol. The zero-order valence-electron chi connectivity index (χ0n) is 19.1. The number of fused-ring (bicyclic) bond motifs is 1. The second-order valence-corrected chi connectivity index (χ2v) is 9.86. The number of aryl methyl sites for hydroxylation is 2. The molecule has 5 aromatic rings. The quantitative estimate of drug-likeness (QED) is 0.334. The number of pyridine rings is 2. The molecule has 170 valence electrons. The molecule has 0 aliphatic rings. The van der Waals surface area contributed by atoms with E-state index in [0.717, 1.165) is 22.3 Å². The summed E-state index contributed by atoms with van der Waals surface area (Å²) < 4.78 is 35.5. The number of hydrogen-bond donors (Lipinski definition) is 0. The highest BCUT2D eigenvalue weighted by molar-refractivity contribution is 7.90. The Kier molecular flexibility index (Phi) is 5.42. The van der Waals surface area contributed by atoms with Gasteiger partial charge in [-0.05, 0) is 49.2 Å². The zero-order valence-corrected chi connectivity index (χ0v) is 19.9. The molecule has 2 aromatic carbocycles. The van der Waals surface area contributed by atoms with Crippen LogP contribution in [0.5, 0.6) is 5.75 Å². The maximum Gasteiger partial charge on any atom is 0.268 e. The van der Waals surface area contributed by atoms with Crippen LogP contribution in [-0.4, -0.2) is 29.5 Å². The van der Waals surface area contributed by atoms with Crippen LogP contribution in [0.2, 0.25) is 0 Å². The van der Waals surface area contributed by atoms with Crippen molar-refractivity contribution in [3.63, 3.8) is 0 Å². The number of nitrogens with zero attached hydrogens (tertiary/aromatic N) is 3. The van der Waals surface area contributed by atoms with E-state index in [1.807, 2.05) is 50.2 Å². The molecule has 0 N–H and O–H groups in total. The summed E-state index contributed by atoms with van der Waals surface area (Å²) in [6.45, 7) is 3.82. The van der Waals surface area contributed by atoms with Crippen molar-refractivity contribution >= 4 is 21.1 Å². The molecule has 0 aliphatic carbocycles. The third kappa shape index (κ3) is 3.45. The van der Waals surface area contributed by atoms with Crippen LogP contribution >= 0.6 is 0 Å². The van der Waals surface area contributed by atoms with Crippen LogP contribution in [-0.2, 0) is 10.0 Å². The Bertz CT molecular complexity index is 1610. The van der Waals surface area contributed by atoms with Crippen LogP contribution < -0.4 is 4.74 Å². The van der Waals surface area contributed by atoms with E-state index in [4.69, 9.17) is 4.74 Å². The summed E-state index contributed by atoms with van der Waals surface area (Å²) in [4.78, 5) is 9.04. The standard InChI is InChI=1S/C27H23N3O3S/c1-18-9-11-21(12-10-18)34(31,32)30-26-19(2)13-16-29-25(26)24(20-7-5-4-6-8-20)27(30)22-14-15-28-17-23(22)33-3/h4-17H,1-3H3. The van der Waals surface area contributed by atoms with E-state index in [-0.39, 0.29) is 4.90 Å². The summed E-state index contributed by atoms with van der Waals surface area (Å²) in [6.07, 6.45) is 4.93. The molecular weight excluding hydrogens is 446 g/mol. The molecule has 5 rings (SSSR count). The fraction of sp³-hybridized carbons (Fsp3) is 0.111.